The first-order valence-electron chi connectivity index (χ1n) is 5.75. The lowest BCUT2D eigenvalue weighted by Gasteiger charge is -2.16. The summed E-state index contributed by atoms with van der Waals surface area (Å²) >= 11 is 7.50. The van der Waals surface area contributed by atoms with E-state index >= 15 is 0 Å². The molecule has 0 radical (unpaired) electrons. The minimum atomic E-state index is -0.367. The number of hydrogen-bond acceptors (Lipinski definition) is 2. The molecule has 0 aliphatic rings. The van der Waals surface area contributed by atoms with Crippen LogP contribution in [-0.2, 0) is 6.42 Å². The quantitative estimate of drug-likeness (QED) is 0.879. The Hall–Kier alpha value is -0.900. The van der Waals surface area contributed by atoms with Crippen LogP contribution in [0.4, 0.5) is 4.39 Å². The lowest BCUT2D eigenvalue weighted by Crippen LogP contribution is -2.19. The number of likely N-dealkylation sites (N-methyl/N-ethyl adjacent to an activating group) is 1. The molecule has 0 bridgehead atoms. The van der Waals surface area contributed by atoms with Crippen molar-refractivity contribution in [3.63, 3.8) is 0 Å². The number of nitrogens with one attached hydrogen (secondary N) is 1. The van der Waals surface area contributed by atoms with Gasteiger partial charge in [-0.2, -0.15) is 11.3 Å². The molecule has 18 heavy (non-hydrogen) atoms. The number of thiophene rings is 1. The molecule has 0 saturated heterocycles. The van der Waals surface area contributed by atoms with Crippen LogP contribution < -0.4 is 5.32 Å². The summed E-state index contributed by atoms with van der Waals surface area (Å²) in [6.07, 6.45) is 0.800. The van der Waals surface area contributed by atoms with E-state index in [4.69, 9.17) is 11.6 Å². The van der Waals surface area contributed by atoms with Crippen LogP contribution in [0.5, 0.6) is 0 Å². The van der Waals surface area contributed by atoms with Crippen LogP contribution >= 0.6 is 22.9 Å². The van der Waals surface area contributed by atoms with E-state index in [1.807, 2.05) is 7.05 Å². The van der Waals surface area contributed by atoms with Crippen LogP contribution in [0, 0.1) is 12.7 Å². The first-order valence-corrected chi connectivity index (χ1v) is 7.07. The van der Waals surface area contributed by atoms with Crippen molar-refractivity contribution in [1.82, 2.24) is 5.32 Å². The molecule has 4 heteroatoms. The van der Waals surface area contributed by atoms with Crippen molar-refractivity contribution in [2.45, 2.75) is 19.4 Å². The van der Waals surface area contributed by atoms with Crippen molar-refractivity contribution in [3.8, 4) is 0 Å². The van der Waals surface area contributed by atoms with Crippen LogP contribution in [0.3, 0.4) is 0 Å². The topological polar surface area (TPSA) is 12.0 Å². The Balaban J connectivity index is 2.20. The molecule has 1 aromatic carbocycles. The van der Waals surface area contributed by atoms with E-state index in [2.05, 4.69) is 23.0 Å². The summed E-state index contributed by atoms with van der Waals surface area (Å²) in [7, 11) is 1.94. The molecule has 1 unspecified atom stereocenters. The van der Waals surface area contributed by atoms with Crippen molar-refractivity contribution in [3.05, 3.63) is 56.5 Å². The molecule has 1 N–H and O–H groups in total. The Bertz CT molecular complexity index is 538. The normalized spacial score (nSPS) is 12.7. The average Bonchev–Trinajstić information content (AvgIpc) is 2.77. The van der Waals surface area contributed by atoms with Crippen LogP contribution in [0.15, 0.2) is 29.0 Å². The zero-order chi connectivity index (χ0) is 13.1. The van der Waals surface area contributed by atoms with Gasteiger partial charge in [0.05, 0.1) is 5.02 Å². The highest BCUT2D eigenvalue weighted by atomic mass is 35.5. The molecule has 0 aliphatic carbocycles. The molecule has 0 saturated carbocycles. The first-order chi connectivity index (χ1) is 8.61. The molecular formula is C14H15ClFNS. The maximum atomic E-state index is 13.1. The minimum Gasteiger partial charge on any atom is -0.313 e. The molecule has 1 nitrogen and oxygen atoms in total. The Morgan fingerprint density at radius 3 is 2.72 bits per heavy atom. The van der Waals surface area contributed by atoms with Gasteiger partial charge in [-0.25, -0.2) is 4.39 Å². The van der Waals surface area contributed by atoms with E-state index in [1.54, 1.807) is 23.5 Å². The van der Waals surface area contributed by atoms with Gasteiger partial charge in [0.15, 0.2) is 0 Å². The van der Waals surface area contributed by atoms with E-state index in [-0.39, 0.29) is 16.9 Å². The molecule has 2 aromatic rings. The summed E-state index contributed by atoms with van der Waals surface area (Å²) in [4.78, 5) is 0. The molecule has 1 aromatic heterocycles. The smallest absolute Gasteiger partial charge is 0.141 e. The number of hydrogen-bond donors (Lipinski definition) is 1. The monoisotopic (exact) mass is 283 g/mol. The van der Waals surface area contributed by atoms with E-state index in [0.717, 1.165) is 12.0 Å². The summed E-state index contributed by atoms with van der Waals surface area (Å²) in [5.41, 5.74) is 3.61. The van der Waals surface area contributed by atoms with Gasteiger partial charge in [0.2, 0.25) is 0 Å². The maximum Gasteiger partial charge on any atom is 0.141 e. The summed E-state index contributed by atoms with van der Waals surface area (Å²) in [6, 6.07) is 5.14. The fourth-order valence-corrected chi connectivity index (χ4v) is 3.11. The largest absolute Gasteiger partial charge is 0.313 e. The minimum absolute atomic E-state index is 0.185. The van der Waals surface area contributed by atoms with Gasteiger partial charge >= 0.3 is 0 Å². The highest BCUT2D eigenvalue weighted by Crippen LogP contribution is 2.26. The Morgan fingerprint density at radius 1 is 1.39 bits per heavy atom. The van der Waals surface area contributed by atoms with Gasteiger partial charge in [0.1, 0.15) is 5.82 Å². The second kappa shape index (κ2) is 5.83. The molecule has 2 rings (SSSR count). The number of halogens is 2. The van der Waals surface area contributed by atoms with Crippen LogP contribution in [0.2, 0.25) is 5.02 Å². The molecular weight excluding hydrogens is 269 g/mol. The lowest BCUT2D eigenvalue weighted by molar-refractivity contribution is 0.588. The molecule has 96 valence electrons. The van der Waals surface area contributed by atoms with Crippen molar-refractivity contribution in [1.29, 1.82) is 0 Å². The molecule has 0 fully saturated rings. The lowest BCUT2D eigenvalue weighted by atomic mass is 9.99. The standard InChI is InChI=1S/C14H15ClFNS/c1-9-7-18-8-11(9)14(17-2)6-10-3-4-13(16)12(15)5-10/h3-5,7-8,14,17H,6H2,1-2H3. The summed E-state index contributed by atoms with van der Waals surface area (Å²) in [5, 5.41) is 7.77. The van der Waals surface area contributed by atoms with Crippen LogP contribution in [0.25, 0.3) is 0 Å². The van der Waals surface area contributed by atoms with Crippen molar-refractivity contribution >= 4 is 22.9 Å². The van der Waals surface area contributed by atoms with Gasteiger partial charge in [0, 0.05) is 6.04 Å². The van der Waals surface area contributed by atoms with Crippen molar-refractivity contribution in [2.75, 3.05) is 7.05 Å². The zero-order valence-electron chi connectivity index (χ0n) is 10.3. The van der Waals surface area contributed by atoms with Gasteiger partial charge in [-0.1, -0.05) is 17.7 Å². The molecule has 1 heterocycles. The third-order valence-corrected chi connectivity index (χ3v) is 4.21. The number of rotatable bonds is 4. The third-order valence-electron chi connectivity index (χ3n) is 3.04. The third kappa shape index (κ3) is 2.91. The van der Waals surface area contributed by atoms with Crippen molar-refractivity contribution < 1.29 is 4.39 Å². The summed E-state index contributed by atoms with van der Waals surface area (Å²) < 4.78 is 13.1. The highest BCUT2D eigenvalue weighted by molar-refractivity contribution is 7.08. The Labute approximate surface area is 116 Å². The number of benzene rings is 1. The summed E-state index contributed by atoms with van der Waals surface area (Å²) in [5.74, 6) is -0.367. The van der Waals surface area contributed by atoms with Gasteiger partial charge in [-0.15, -0.1) is 0 Å². The summed E-state index contributed by atoms with van der Waals surface area (Å²) in [6.45, 7) is 2.10. The van der Waals surface area contributed by atoms with Crippen molar-refractivity contribution in [2.24, 2.45) is 0 Å². The zero-order valence-corrected chi connectivity index (χ0v) is 11.9. The molecule has 0 spiro atoms. The van der Waals surface area contributed by atoms with Gasteiger partial charge in [-0.05, 0) is 60.0 Å². The average molecular weight is 284 g/mol. The second-order valence-corrected chi connectivity index (χ2v) is 5.45. The SMILES string of the molecule is CNC(Cc1ccc(F)c(Cl)c1)c1cscc1C. The first kappa shape index (κ1) is 13.5. The van der Waals surface area contributed by atoms with E-state index in [1.165, 1.54) is 17.2 Å². The van der Waals surface area contributed by atoms with Gasteiger partial charge < -0.3 is 5.32 Å². The highest BCUT2D eigenvalue weighted by Gasteiger charge is 2.14. The Morgan fingerprint density at radius 2 is 2.17 bits per heavy atom. The van der Waals surface area contributed by atoms with E-state index in [9.17, 15) is 4.39 Å². The van der Waals surface area contributed by atoms with Crippen LogP contribution in [0.1, 0.15) is 22.7 Å². The fraction of sp³-hybridized carbons (Fsp3) is 0.286. The molecule has 0 aliphatic heterocycles. The fourth-order valence-electron chi connectivity index (χ4n) is 2.00. The van der Waals surface area contributed by atoms with Gasteiger partial charge in [-0.3, -0.25) is 0 Å². The molecule has 0 amide bonds. The van der Waals surface area contributed by atoms with Gasteiger partial charge in [0.25, 0.3) is 0 Å². The second-order valence-electron chi connectivity index (χ2n) is 4.30. The van der Waals surface area contributed by atoms with Crippen LogP contribution in [-0.4, -0.2) is 7.05 Å². The Kier molecular flexibility index (Phi) is 4.38. The van der Waals surface area contributed by atoms with E-state index in [0.29, 0.717) is 0 Å². The molecule has 1 atom stereocenters. The maximum absolute atomic E-state index is 13.1. The predicted molar refractivity (Wildman–Crippen MR) is 76.0 cm³/mol. The predicted octanol–water partition coefficient (Wildman–Crippen LogP) is 4.35. The number of aryl methyl sites for hydroxylation is 1. The van der Waals surface area contributed by atoms with E-state index < -0.39 is 0 Å².